The second-order valence-corrected chi connectivity index (χ2v) is 4.69. The van der Waals surface area contributed by atoms with E-state index in [1.807, 2.05) is 0 Å². The minimum atomic E-state index is -1.27. The van der Waals surface area contributed by atoms with Gasteiger partial charge in [0.25, 0.3) is 5.69 Å². The van der Waals surface area contributed by atoms with Gasteiger partial charge in [-0.25, -0.2) is 4.79 Å². The van der Waals surface area contributed by atoms with Gasteiger partial charge in [-0.15, -0.1) is 0 Å². The fourth-order valence-corrected chi connectivity index (χ4v) is 2.37. The molecule has 0 amide bonds. The van der Waals surface area contributed by atoms with Crippen LogP contribution in [0.5, 0.6) is 0 Å². The minimum Gasteiger partial charge on any atom is -0.477 e. The maximum absolute atomic E-state index is 11.1. The van der Waals surface area contributed by atoms with Crippen LogP contribution in [-0.4, -0.2) is 53.6 Å². The van der Waals surface area contributed by atoms with E-state index in [4.69, 9.17) is 5.11 Å². The highest BCUT2D eigenvalue weighted by atomic mass is 16.6. The molecular formula is C13H17N3O4. The molecule has 1 N–H and O–H groups in total. The van der Waals surface area contributed by atoms with E-state index in [0.717, 1.165) is 38.4 Å². The van der Waals surface area contributed by atoms with Crippen molar-refractivity contribution in [1.82, 2.24) is 4.90 Å². The number of benzene rings is 1. The molecule has 20 heavy (non-hydrogen) atoms. The average molecular weight is 279 g/mol. The standard InChI is InChI=1S/C13H17N3O4/c1-2-14-5-7-15(8-6-14)10-3-4-12(16(19)20)11(9-10)13(17)18/h3-4,9H,2,5-8H2,1H3,(H,17,18). The van der Waals surface area contributed by atoms with Gasteiger partial charge in [0.2, 0.25) is 0 Å². The van der Waals surface area contributed by atoms with E-state index in [-0.39, 0.29) is 11.3 Å². The van der Waals surface area contributed by atoms with Crippen LogP contribution in [0.1, 0.15) is 17.3 Å². The van der Waals surface area contributed by atoms with E-state index >= 15 is 0 Å². The molecule has 1 aliphatic heterocycles. The van der Waals surface area contributed by atoms with Crippen LogP contribution in [0, 0.1) is 10.1 Å². The second kappa shape index (κ2) is 5.87. The van der Waals surface area contributed by atoms with Crippen LogP contribution < -0.4 is 4.90 Å². The predicted molar refractivity (Wildman–Crippen MR) is 74.4 cm³/mol. The lowest BCUT2D eigenvalue weighted by molar-refractivity contribution is -0.385. The Morgan fingerprint density at radius 2 is 2.00 bits per heavy atom. The summed E-state index contributed by atoms with van der Waals surface area (Å²) in [5, 5.41) is 19.9. The van der Waals surface area contributed by atoms with Crippen molar-refractivity contribution in [2.45, 2.75) is 6.92 Å². The summed E-state index contributed by atoms with van der Waals surface area (Å²) in [6, 6.07) is 4.28. The lowest BCUT2D eigenvalue weighted by Crippen LogP contribution is -2.46. The van der Waals surface area contributed by atoms with Gasteiger partial charge in [0.1, 0.15) is 5.56 Å². The van der Waals surface area contributed by atoms with Crippen molar-refractivity contribution in [3.63, 3.8) is 0 Å². The number of nitrogens with zero attached hydrogens (tertiary/aromatic N) is 3. The van der Waals surface area contributed by atoms with Gasteiger partial charge < -0.3 is 14.9 Å². The largest absolute Gasteiger partial charge is 0.477 e. The van der Waals surface area contributed by atoms with Crippen molar-refractivity contribution in [2.75, 3.05) is 37.6 Å². The number of hydrogen-bond donors (Lipinski definition) is 1. The first-order valence-corrected chi connectivity index (χ1v) is 6.52. The first kappa shape index (κ1) is 14.3. The van der Waals surface area contributed by atoms with E-state index in [0.29, 0.717) is 0 Å². The molecule has 0 aromatic heterocycles. The molecule has 1 aliphatic rings. The smallest absolute Gasteiger partial charge is 0.342 e. The molecule has 0 radical (unpaired) electrons. The van der Waals surface area contributed by atoms with Crippen molar-refractivity contribution in [1.29, 1.82) is 0 Å². The molecule has 108 valence electrons. The molecule has 1 aromatic rings. The third-order valence-electron chi connectivity index (χ3n) is 3.59. The molecule has 0 aliphatic carbocycles. The Kier molecular flexibility index (Phi) is 4.19. The van der Waals surface area contributed by atoms with Gasteiger partial charge in [-0.1, -0.05) is 6.92 Å². The number of likely N-dealkylation sites (N-methyl/N-ethyl adjacent to an activating group) is 1. The monoisotopic (exact) mass is 279 g/mol. The van der Waals surface area contributed by atoms with E-state index in [9.17, 15) is 14.9 Å². The average Bonchev–Trinajstić information content (AvgIpc) is 2.46. The fourth-order valence-electron chi connectivity index (χ4n) is 2.37. The third kappa shape index (κ3) is 2.88. The zero-order valence-electron chi connectivity index (χ0n) is 11.3. The zero-order valence-corrected chi connectivity index (χ0v) is 11.3. The van der Waals surface area contributed by atoms with Gasteiger partial charge in [-0.2, -0.15) is 0 Å². The van der Waals surface area contributed by atoms with E-state index in [1.165, 1.54) is 12.1 Å². The van der Waals surface area contributed by atoms with Crippen molar-refractivity contribution in [2.24, 2.45) is 0 Å². The summed E-state index contributed by atoms with van der Waals surface area (Å²) in [4.78, 5) is 25.6. The number of nitro benzene ring substituents is 1. The zero-order chi connectivity index (χ0) is 14.7. The van der Waals surface area contributed by atoms with Crippen molar-refractivity contribution in [3.05, 3.63) is 33.9 Å². The first-order valence-electron chi connectivity index (χ1n) is 6.52. The lowest BCUT2D eigenvalue weighted by Gasteiger charge is -2.35. The Balaban J connectivity index is 2.24. The quantitative estimate of drug-likeness (QED) is 0.662. The first-order chi connectivity index (χ1) is 9.52. The molecule has 0 spiro atoms. The highest BCUT2D eigenvalue weighted by Gasteiger charge is 2.23. The lowest BCUT2D eigenvalue weighted by atomic mass is 10.1. The highest BCUT2D eigenvalue weighted by molar-refractivity contribution is 5.93. The summed E-state index contributed by atoms with van der Waals surface area (Å²) in [5.41, 5.74) is 0.0996. The normalized spacial score (nSPS) is 16.1. The van der Waals surface area contributed by atoms with Crippen LogP contribution in [-0.2, 0) is 0 Å². The van der Waals surface area contributed by atoms with Gasteiger partial charge in [0, 0.05) is 37.9 Å². The summed E-state index contributed by atoms with van der Waals surface area (Å²) in [7, 11) is 0. The third-order valence-corrected chi connectivity index (χ3v) is 3.59. The van der Waals surface area contributed by atoms with Crippen molar-refractivity contribution >= 4 is 17.3 Å². The van der Waals surface area contributed by atoms with Gasteiger partial charge in [0.05, 0.1) is 4.92 Å². The molecule has 0 atom stereocenters. The molecule has 7 nitrogen and oxygen atoms in total. The van der Waals surface area contributed by atoms with Crippen molar-refractivity contribution < 1.29 is 14.8 Å². The molecule has 1 heterocycles. The molecule has 0 bridgehead atoms. The van der Waals surface area contributed by atoms with E-state index in [1.54, 1.807) is 6.07 Å². The maximum atomic E-state index is 11.1. The van der Waals surface area contributed by atoms with Gasteiger partial charge in [-0.05, 0) is 18.7 Å². The number of carboxylic acids is 1. The number of hydrogen-bond acceptors (Lipinski definition) is 5. The summed E-state index contributed by atoms with van der Waals surface area (Å²) in [6.45, 7) is 6.51. The molecule has 1 saturated heterocycles. The Bertz CT molecular complexity index is 524. The maximum Gasteiger partial charge on any atom is 0.342 e. The Labute approximate surface area is 116 Å². The van der Waals surface area contributed by atoms with E-state index < -0.39 is 10.9 Å². The number of carboxylic acid groups (broad SMARTS) is 1. The Morgan fingerprint density at radius 1 is 1.35 bits per heavy atom. The number of carbonyl (C=O) groups is 1. The van der Waals surface area contributed by atoms with Gasteiger partial charge in [-0.3, -0.25) is 10.1 Å². The number of piperazine rings is 1. The number of nitro groups is 1. The van der Waals surface area contributed by atoms with Gasteiger partial charge in [0.15, 0.2) is 0 Å². The number of aromatic carboxylic acids is 1. The van der Waals surface area contributed by atoms with Crippen LogP contribution in [0.25, 0.3) is 0 Å². The van der Waals surface area contributed by atoms with E-state index in [2.05, 4.69) is 16.7 Å². The summed E-state index contributed by atoms with van der Waals surface area (Å²) >= 11 is 0. The summed E-state index contributed by atoms with van der Waals surface area (Å²) in [5.74, 6) is -1.27. The van der Waals surface area contributed by atoms with Crippen molar-refractivity contribution in [3.8, 4) is 0 Å². The summed E-state index contributed by atoms with van der Waals surface area (Å²) in [6.07, 6.45) is 0. The van der Waals surface area contributed by atoms with Gasteiger partial charge >= 0.3 is 5.97 Å². The number of rotatable bonds is 4. The molecular weight excluding hydrogens is 262 g/mol. The molecule has 7 heteroatoms. The minimum absolute atomic E-state index is 0.259. The van der Waals surface area contributed by atoms with Crippen LogP contribution in [0.15, 0.2) is 18.2 Å². The molecule has 1 aromatic carbocycles. The molecule has 0 unspecified atom stereocenters. The number of anilines is 1. The molecule has 2 rings (SSSR count). The van der Waals surface area contributed by atoms with Crippen LogP contribution >= 0.6 is 0 Å². The molecule has 0 saturated carbocycles. The van der Waals surface area contributed by atoms with Crippen LogP contribution in [0.3, 0.4) is 0 Å². The predicted octanol–water partition coefficient (Wildman–Crippen LogP) is 1.43. The Hall–Kier alpha value is -2.15. The highest BCUT2D eigenvalue weighted by Crippen LogP contribution is 2.25. The topological polar surface area (TPSA) is 86.9 Å². The van der Waals surface area contributed by atoms with Crippen LogP contribution in [0.2, 0.25) is 0 Å². The second-order valence-electron chi connectivity index (χ2n) is 4.69. The fraction of sp³-hybridized carbons (Fsp3) is 0.462. The van der Waals surface area contributed by atoms with Crippen LogP contribution in [0.4, 0.5) is 11.4 Å². The molecule has 1 fully saturated rings. The Morgan fingerprint density at radius 3 is 2.50 bits per heavy atom. The SMILES string of the molecule is CCN1CCN(c2ccc([N+](=O)[O-])c(C(=O)O)c2)CC1. The summed E-state index contributed by atoms with van der Waals surface area (Å²) < 4.78 is 0.